The van der Waals surface area contributed by atoms with Crippen LogP contribution in [0.1, 0.15) is 44.1 Å². The molecule has 2 aromatic rings. The molecule has 0 aliphatic carbocycles. The number of aromatic nitrogens is 4. The molecule has 0 amide bonds. The van der Waals surface area contributed by atoms with Crippen LogP contribution < -0.4 is 5.73 Å². The molecule has 2 aromatic heterocycles. The minimum Gasteiger partial charge on any atom is -0.325 e. The average molecular weight is 247 g/mol. The molecule has 0 atom stereocenters. The normalized spacial score (nSPS) is 11.3. The maximum atomic E-state index is 5.66. The van der Waals surface area contributed by atoms with E-state index in [9.17, 15) is 0 Å². The third-order valence-electron chi connectivity index (χ3n) is 3.31. The SMILES string of the molecule is CCC(CC)n1ccc(Cn2nccc2CN)n1. The Bertz CT molecular complexity index is 481. The van der Waals surface area contributed by atoms with Gasteiger partial charge in [-0.2, -0.15) is 10.2 Å². The molecule has 0 aromatic carbocycles. The van der Waals surface area contributed by atoms with Crippen molar-refractivity contribution in [2.24, 2.45) is 5.73 Å². The molecule has 2 rings (SSSR count). The number of nitrogens with two attached hydrogens (primary N) is 1. The molecule has 0 bridgehead atoms. The van der Waals surface area contributed by atoms with E-state index >= 15 is 0 Å². The molecule has 2 N–H and O–H groups in total. The van der Waals surface area contributed by atoms with Crippen LogP contribution in [-0.4, -0.2) is 19.6 Å². The van der Waals surface area contributed by atoms with Gasteiger partial charge in [0.25, 0.3) is 0 Å². The zero-order valence-electron chi connectivity index (χ0n) is 11.1. The van der Waals surface area contributed by atoms with Crippen LogP contribution in [0.5, 0.6) is 0 Å². The first-order valence-corrected chi connectivity index (χ1v) is 6.53. The van der Waals surface area contributed by atoms with E-state index in [4.69, 9.17) is 5.73 Å². The Morgan fingerprint density at radius 2 is 2.06 bits per heavy atom. The summed E-state index contributed by atoms with van der Waals surface area (Å²) in [5.41, 5.74) is 7.72. The van der Waals surface area contributed by atoms with Gasteiger partial charge in [-0.15, -0.1) is 0 Å². The highest BCUT2D eigenvalue weighted by molar-refractivity contribution is 5.05. The molecule has 98 valence electrons. The highest BCUT2D eigenvalue weighted by Gasteiger charge is 2.09. The second-order valence-electron chi connectivity index (χ2n) is 4.44. The summed E-state index contributed by atoms with van der Waals surface area (Å²) < 4.78 is 3.96. The molecule has 5 heteroatoms. The van der Waals surface area contributed by atoms with Crippen LogP contribution in [0, 0.1) is 0 Å². The Labute approximate surface area is 108 Å². The van der Waals surface area contributed by atoms with E-state index < -0.39 is 0 Å². The molecule has 0 saturated heterocycles. The molecule has 18 heavy (non-hydrogen) atoms. The van der Waals surface area contributed by atoms with Crippen LogP contribution in [0.2, 0.25) is 0 Å². The number of hydrogen-bond acceptors (Lipinski definition) is 3. The van der Waals surface area contributed by atoms with Crippen molar-refractivity contribution in [1.82, 2.24) is 19.6 Å². The Morgan fingerprint density at radius 1 is 1.28 bits per heavy atom. The third-order valence-corrected chi connectivity index (χ3v) is 3.31. The first-order valence-electron chi connectivity index (χ1n) is 6.53. The lowest BCUT2D eigenvalue weighted by atomic mass is 10.2. The topological polar surface area (TPSA) is 61.7 Å². The van der Waals surface area contributed by atoms with Crippen LogP contribution in [0.4, 0.5) is 0 Å². The van der Waals surface area contributed by atoms with Crippen molar-refractivity contribution >= 4 is 0 Å². The Morgan fingerprint density at radius 3 is 2.72 bits per heavy atom. The van der Waals surface area contributed by atoms with Crippen LogP contribution in [-0.2, 0) is 13.1 Å². The summed E-state index contributed by atoms with van der Waals surface area (Å²) in [5, 5.41) is 8.88. The van der Waals surface area contributed by atoms with Crippen molar-refractivity contribution < 1.29 is 0 Å². The summed E-state index contributed by atoms with van der Waals surface area (Å²) in [6.07, 6.45) is 6.04. The number of nitrogens with zero attached hydrogens (tertiary/aromatic N) is 4. The van der Waals surface area contributed by atoms with E-state index in [2.05, 4.69) is 41.0 Å². The van der Waals surface area contributed by atoms with E-state index in [-0.39, 0.29) is 0 Å². The maximum Gasteiger partial charge on any atom is 0.0853 e. The lowest BCUT2D eigenvalue weighted by molar-refractivity contribution is 0.423. The smallest absolute Gasteiger partial charge is 0.0853 e. The fraction of sp³-hybridized carbons (Fsp3) is 0.538. The quantitative estimate of drug-likeness (QED) is 0.848. The Balaban J connectivity index is 2.11. The second kappa shape index (κ2) is 5.82. The third kappa shape index (κ3) is 2.61. The van der Waals surface area contributed by atoms with Crippen LogP contribution in [0.3, 0.4) is 0 Å². The van der Waals surface area contributed by atoms with Crippen LogP contribution in [0.25, 0.3) is 0 Å². The monoisotopic (exact) mass is 247 g/mol. The van der Waals surface area contributed by atoms with Gasteiger partial charge in [0.15, 0.2) is 0 Å². The summed E-state index contributed by atoms with van der Waals surface area (Å²) in [7, 11) is 0. The molecule has 2 heterocycles. The van der Waals surface area contributed by atoms with Crippen molar-refractivity contribution in [2.45, 2.75) is 45.8 Å². The summed E-state index contributed by atoms with van der Waals surface area (Å²) in [5.74, 6) is 0. The van der Waals surface area contributed by atoms with Crippen molar-refractivity contribution in [3.8, 4) is 0 Å². The van der Waals surface area contributed by atoms with Gasteiger partial charge in [0.2, 0.25) is 0 Å². The highest BCUT2D eigenvalue weighted by Crippen LogP contribution is 2.15. The van der Waals surface area contributed by atoms with Crippen molar-refractivity contribution in [3.63, 3.8) is 0 Å². The summed E-state index contributed by atoms with van der Waals surface area (Å²) in [6, 6.07) is 4.49. The van der Waals surface area contributed by atoms with E-state index in [1.807, 2.05) is 10.7 Å². The second-order valence-corrected chi connectivity index (χ2v) is 4.44. The van der Waals surface area contributed by atoms with Gasteiger partial charge in [-0.1, -0.05) is 13.8 Å². The van der Waals surface area contributed by atoms with E-state index in [0.717, 1.165) is 24.2 Å². The maximum absolute atomic E-state index is 5.66. The van der Waals surface area contributed by atoms with E-state index in [0.29, 0.717) is 19.1 Å². The molecule has 0 radical (unpaired) electrons. The van der Waals surface area contributed by atoms with Gasteiger partial charge in [-0.3, -0.25) is 9.36 Å². The first-order chi connectivity index (χ1) is 8.78. The van der Waals surface area contributed by atoms with Gasteiger partial charge in [-0.05, 0) is 25.0 Å². The van der Waals surface area contributed by atoms with E-state index in [1.54, 1.807) is 6.20 Å². The molecule has 0 aliphatic rings. The van der Waals surface area contributed by atoms with Crippen molar-refractivity contribution in [1.29, 1.82) is 0 Å². The zero-order chi connectivity index (χ0) is 13.0. The predicted molar refractivity (Wildman–Crippen MR) is 71.1 cm³/mol. The number of hydrogen-bond donors (Lipinski definition) is 1. The molecular formula is C13H21N5. The predicted octanol–water partition coefficient (Wildman–Crippen LogP) is 1.95. The molecular weight excluding hydrogens is 226 g/mol. The minimum atomic E-state index is 0.491. The van der Waals surface area contributed by atoms with Crippen LogP contribution in [0.15, 0.2) is 24.5 Å². The van der Waals surface area contributed by atoms with Crippen molar-refractivity contribution in [2.75, 3.05) is 0 Å². The highest BCUT2D eigenvalue weighted by atomic mass is 15.3. The van der Waals surface area contributed by atoms with Gasteiger partial charge >= 0.3 is 0 Å². The standard InChI is InChI=1S/C13H21N5/c1-3-12(4-2)17-8-6-11(16-17)10-18-13(9-14)5-7-15-18/h5-8,12H,3-4,9-10,14H2,1-2H3. The zero-order valence-corrected chi connectivity index (χ0v) is 11.1. The van der Waals surface area contributed by atoms with Gasteiger partial charge in [-0.25, -0.2) is 0 Å². The fourth-order valence-corrected chi connectivity index (χ4v) is 2.16. The molecule has 0 saturated carbocycles. The van der Waals surface area contributed by atoms with Gasteiger partial charge in [0.1, 0.15) is 0 Å². The fourth-order valence-electron chi connectivity index (χ4n) is 2.16. The van der Waals surface area contributed by atoms with Gasteiger partial charge in [0.05, 0.1) is 24.0 Å². The van der Waals surface area contributed by atoms with E-state index in [1.165, 1.54) is 0 Å². The minimum absolute atomic E-state index is 0.491. The van der Waals surface area contributed by atoms with Gasteiger partial charge in [0, 0.05) is 18.9 Å². The van der Waals surface area contributed by atoms with Crippen molar-refractivity contribution in [3.05, 3.63) is 35.9 Å². The molecule has 5 nitrogen and oxygen atoms in total. The lowest BCUT2D eigenvalue weighted by Gasteiger charge is -2.12. The summed E-state index contributed by atoms with van der Waals surface area (Å²) in [6.45, 7) is 5.57. The summed E-state index contributed by atoms with van der Waals surface area (Å²) in [4.78, 5) is 0. The molecule has 0 aliphatic heterocycles. The molecule has 0 spiro atoms. The first kappa shape index (κ1) is 12.8. The Kier molecular flexibility index (Phi) is 4.15. The Hall–Kier alpha value is -1.62. The molecule has 0 fully saturated rings. The largest absolute Gasteiger partial charge is 0.325 e. The van der Waals surface area contributed by atoms with Crippen LogP contribution >= 0.6 is 0 Å². The number of rotatable bonds is 6. The van der Waals surface area contributed by atoms with Gasteiger partial charge < -0.3 is 5.73 Å². The molecule has 0 unspecified atom stereocenters. The lowest BCUT2D eigenvalue weighted by Crippen LogP contribution is -2.12. The average Bonchev–Trinajstić information content (AvgIpc) is 3.01. The summed E-state index contributed by atoms with van der Waals surface area (Å²) >= 11 is 0.